The smallest absolute Gasteiger partial charge is 0.326 e. The summed E-state index contributed by atoms with van der Waals surface area (Å²) in [4.78, 5) is 70.1. The molecule has 5 unspecified atom stereocenters. The SMILES string of the molecule is CC(C)C(N)C(=O)NC(C(=O)NC(CC(=O)O)C(=O)NC(CCC(=O)O)C(=O)O)C(C)O. The van der Waals surface area contributed by atoms with Gasteiger partial charge in [-0.25, -0.2) is 4.79 Å². The predicted octanol–water partition coefficient (Wildman–Crippen LogP) is -2.77. The van der Waals surface area contributed by atoms with Crippen LogP contribution >= 0.6 is 0 Å². The minimum Gasteiger partial charge on any atom is -0.481 e. The largest absolute Gasteiger partial charge is 0.481 e. The van der Waals surface area contributed by atoms with E-state index in [2.05, 4.69) is 10.6 Å². The lowest BCUT2D eigenvalue weighted by atomic mass is 10.0. The molecule has 32 heavy (non-hydrogen) atoms. The Labute approximate surface area is 183 Å². The zero-order valence-electron chi connectivity index (χ0n) is 17.9. The van der Waals surface area contributed by atoms with E-state index in [1.807, 2.05) is 5.32 Å². The van der Waals surface area contributed by atoms with Crippen molar-refractivity contribution in [3.63, 3.8) is 0 Å². The number of carboxylic acids is 3. The van der Waals surface area contributed by atoms with Gasteiger partial charge in [0.15, 0.2) is 0 Å². The maximum atomic E-state index is 12.6. The molecule has 14 heteroatoms. The van der Waals surface area contributed by atoms with Gasteiger partial charge in [-0.05, 0) is 19.3 Å². The van der Waals surface area contributed by atoms with Crippen LogP contribution in [0.3, 0.4) is 0 Å². The molecule has 0 rings (SSSR count). The highest BCUT2D eigenvalue weighted by Gasteiger charge is 2.33. The molecule has 0 spiro atoms. The Morgan fingerprint density at radius 1 is 0.781 bits per heavy atom. The van der Waals surface area contributed by atoms with Crippen molar-refractivity contribution in [2.75, 3.05) is 0 Å². The van der Waals surface area contributed by atoms with Crippen LogP contribution in [-0.4, -0.2) is 86.3 Å². The normalized spacial score (nSPS) is 15.6. The number of hydrogen-bond acceptors (Lipinski definition) is 8. The lowest BCUT2D eigenvalue weighted by Crippen LogP contribution is -2.60. The first kappa shape index (κ1) is 28.7. The van der Waals surface area contributed by atoms with Gasteiger partial charge in [0.1, 0.15) is 18.1 Å². The Kier molecular flexibility index (Phi) is 11.9. The molecule has 0 heterocycles. The minimum absolute atomic E-state index is 0.294. The fourth-order valence-corrected chi connectivity index (χ4v) is 2.40. The van der Waals surface area contributed by atoms with E-state index in [0.717, 1.165) is 0 Å². The Hall–Kier alpha value is -3.26. The summed E-state index contributed by atoms with van der Waals surface area (Å²) in [5.41, 5.74) is 5.69. The first-order valence-electron chi connectivity index (χ1n) is 9.68. The Morgan fingerprint density at radius 2 is 1.31 bits per heavy atom. The highest BCUT2D eigenvalue weighted by atomic mass is 16.4. The second kappa shape index (κ2) is 13.2. The van der Waals surface area contributed by atoms with Crippen LogP contribution in [0.1, 0.15) is 40.0 Å². The van der Waals surface area contributed by atoms with Gasteiger partial charge in [0.25, 0.3) is 0 Å². The molecule has 3 amide bonds. The fourth-order valence-electron chi connectivity index (χ4n) is 2.40. The summed E-state index contributed by atoms with van der Waals surface area (Å²) in [5.74, 6) is -7.75. The monoisotopic (exact) mass is 462 g/mol. The molecule has 0 aliphatic carbocycles. The van der Waals surface area contributed by atoms with Crippen LogP contribution in [0.4, 0.5) is 0 Å². The number of nitrogens with one attached hydrogen (secondary N) is 3. The van der Waals surface area contributed by atoms with Gasteiger partial charge >= 0.3 is 17.9 Å². The molecule has 0 saturated heterocycles. The van der Waals surface area contributed by atoms with Crippen LogP contribution in [0, 0.1) is 5.92 Å². The summed E-state index contributed by atoms with van der Waals surface area (Å²) in [7, 11) is 0. The summed E-state index contributed by atoms with van der Waals surface area (Å²) in [6.07, 6.45) is -3.47. The van der Waals surface area contributed by atoms with Gasteiger partial charge in [0.2, 0.25) is 17.7 Å². The standard InChI is InChI=1S/C18H30N4O10/c1-7(2)13(19)16(29)22-14(8(3)23)17(30)21-10(6-12(26)27)15(28)20-9(18(31)32)4-5-11(24)25/h7-10,13-14,23H,4-6,19H2,1-3H3,(H,20,28)(H,21,30)(H,22,29)(H,24,25)(H,26,27)(H,31,32). The number of hydrogen-bond donors (Lipinski definition) is 8. The van der Waals surface area contributed by atoms with Crippen LogP contribution < -0.4 is 21.7 Å². The van der Waals surface area contributed by atoms with E-state index in [1.165, 1.54) is 6.92 Å². The van der Waals surface area contributed by atoms with Crippen LogP contribution in [0.25, 0.3) is 0 Å². The van der Waals surface area contributed by atoms with Crippen LogP contribution in [-0.2, 0) is 28.8 Å². The van der Waals surface area contributed by atoms with Gasteiger partial charge in [-0.2, -0.15) is 0 Å². The molecule has 9 N–H and O–H groups in total. The number of carboxylic acid groups (broad SMARTS) is 3. The predicted molar refractivity (Wildman–Crippen MR) is 107 cm³/mol. The molecule has 14 nitrogen and oxygen atoms in total. The van der Waals surface area contributed by atoms with Crippen molar-refractivity contribution in [1.82, 2.24) is 16.0 Å². The highest BCUT2D eigenvalue weighted by molar-refractivity contribution is 5.95. The van der Waals surface area contributed by atoms with Crippen molar-refractivity contribution < 1.29 is 49.2 Å². The Balaban J connectivity index is 5.47. The van der Waals surface area contributed by atoms with E-state index < -0.39 is 85.2 Å². The molecular weight excluding hydrogens is 432 g/mol. The van der Waals surface area contributed by atoms with Crippen molar-refractivity contribution in [2.45, 2.75) is 70.3 Å². The number of carbonyl (C=O) groups excluding carboxylic acids is 3. The lowest BCUT2D eigenvalue weighted by molar-refractivity contribution is -0.144. The topological polar surface area (TPSA) is 245 Å². The maximum absolute atomic E-state index is 12.6. The second-order valence-electron chi connectivity index (χ2n) is 7.49. The van der Waals surface area contributed by atoms with Crippen molar-refractivity contribution in [2.24, 2.45) is 11.7 Å². The summed E-state index contributed by atoms with van der Waals surface area (Å²) in [5, 5.41) is 43.0. The zero-order chi connectivity index (χ0) is 25.2. The van der Waals surface area contributed by atoms with E-state index in [4.69, 9.17) is 21.1 Å². The van der Waals surface area contributed by atoms with Gasteiger partial charge in [0.05, 0.1) is 18.6 Å². The minimum atomic E-state index is -1.77. The van der Waals surface area contributed by atoms with E-state index >= 15 is 0 Å². The number of nitrogens with two attached hydrogens (primary N) is 1. The summed E-state index contributed by atoms with van der Waals surface area (Å²) in [6, 6.07) is -6.02. The quantitative estimate of drug-likeness (QED) is 0.131. The van der Waals surface area contributed by atoms with Gasteiger partial charge in [-0.15, -0.1) is 0 Å². The van der Waals surface area contributed by atoms with Crippen LogP contribution in [0.2, 0.25) is 0 Å². The Bertz CT molecular complexity index is 725. The molecule has 0 aromatic rings. The molecule has 0 aromatic heterocycles. The number of aliphatic hydroxyl groups is 1. The Morgan fingerprint density at radius 3 is 1.72 bits per heavy atom. The van der Waals surface area contributed by atoms with Gasteiger partial charge < -0.3 is 42.1 Å². The molecule has 0 saturated carbocycles. The van der Waals surface area contributed by atoms with Crippen LogP contribution in [0.5, 0.6) is 0 Å². The third-order valence-electron chi connectivity index (χ3n) is 4.36. The molecule has 0 aliphatic heterocycles. The molecule has 5 atom stereocenters. The van der Waals surface area contributed by atoms with E-state index in [1.54, 1.807) is 13.8 Å². The molecule has 0 radical (unpaired) electrons. The average molecular weight is 462 g/mol. The average Bonchev–Trinajstić information content (AvgIpc) is 2.66. The van der Waals surface area contributed by atoms with Gasteiger partial charge in [-0.3, -0.25) is 24.0 Å². The van der Waals surface area contributed by atoms with Crippen LogP contribution in [0.15, 0.2) is 0 Å². The van der Waals surface area contributed by atoms with Crippen molar-refractivity contribution in [3.05, 3.63) is 0 Å². The first-order chi connectivity index (χ1) is 14.7. The number of aliphatic hydroxyl groups excluding tert-OH is 1. The van der Waals surface area contributed by atoms with E-state index in [0.29, 0.717) is 0 Å². The molecule has 0 aliphatic rings. The summed E-state index contributed by atoms with van der Waals surface area (Å²) >= 11 is 0. The number of aliphatic carboxylic acids is 3. The van der Waals surface area contributed by atoms with E-state index in [-0.39, 0.29) is 5.92 Å². The summed E-state index contributed by atoms with van der Waals surface area (Å²) in [6.45, 7) is 4.47. The van der Waals surface area contributed by atoms with Gasteiger partial charge in [-0.1, -0.05) is 13.8 Å². The maximum Gasteiger partial charge on any atom is 0.326 e. The number of carbonyl (C=O) groups is 6. The van der Waals surface area contributed by atoms with E-state index in [9.17, 15) is 33.9 Å². The first-order valence-corrected chi connectivity index (χ1v) is 9.68. The third kappa shape index (κ3) is 10.2. The number of amides is 3. The highest BCUT2D eigenvalue weighted by Crippen LogP contribution is 2.04. The molecule has 0 aromatic carbocycles. The zero-order valence-corrected chi connectivity index (χ0v) is 17.9. The lowest BCUT2D eigenvalue weighted by Gasteiger charge is -2.26. The summed E-state index contributed by atoms with van der Waals surface area (Å²) < 4.78 is 0. The number of rotatable bonds is 14. The molecular formula is C18H30N4O10. The van der Waals surface area contributed by atoms with Crippen molar-refractivity contribution in [3.8, 4) is 0 Å². The second-order valence-corrected chi connectivity index (χ2v) is 7.49. The van der Waals surface area contributed by atoms with Crippen molar-refractivity contribution >= 4 is 35.6 Å². The molecule has 0 bridgehead atoms. The van der Waals surface area contributed by atoms with Gasteiger partial charge in [0, 0.05) is 6.42 Å². The fraction of sp³-hybridized carbons (Fsp3) is 0.667. The third-order valence-corrected chi connectivity index (χ3v) is 4.36. The molecule has 0 fully saturated rings. The molecule has 182 valence electrons. The van der Waals surface area contributed by atoms with Crippen molar-refractivity contribution in [1.29, 1.82) is 0 Å².